The van der Waals surface area contributed by atoms with Crippen LogP contribution in [0.15, 0.2) is 53.6 Å². The van der Waals surface area contributed by atoms with E-state index >= 15 is 0 Å². The summed E-state index contributed by atoms with van der Waals surface area (Å²) in [6.45, 7) is 3.79. The van der Waals surface area contributed by atoms with Gasteiger partial charge in [0, 0.05) is 48.2 Å². The predicted octanol–water partition coefficient (Wildman–Crippen LogP) is 4.80. The standard InChI is InChI=1S/C26H31N5O2S2/c1-17-4-9-21(28-15-17)18-5-7-20(8-6-18)29-25(32)23-14-22(24(27)35-23)34-16-31-12-10-19(11-13-31)26(33)30(2)3/h4-9,14-15,19H,10-13,16,27H2,1-3H3,(H,29,32). The summed E-state index contributed by atoms with van der Waals surface area (Å²) in [4.78, 5) is 35.0. The molecule has 0 unspecified atom stereocenters. The molecular weight excluding hydrogens is 478 g/mol. The second-order valence-corrected chi connectivity index (χ2v) is 11.1. The van der Waals surface area contributed by atoms with Gasteiger partial charge in [-0.25, -0.2) is 0 Å². The van der Waals surface area contributed by atoms with Crippen LogP contribution in [0.1, 0.15) is 28.1 Å². The molecule has 3 aromatic rings. The summed E-state index contributed by atoms with van der Waals surface area (Å²) >= 11 is 2.95. The highest BCUT2D eigenvalue weighted by molar-refractivity contribution is 7.99. The number of anilines is 2. The van der Waals surface area contributed by atoms with Gasteiger partial charge in [-0.3, -0.25) is 19.5 Å². The fourth-order valence-electron chi connectivity index (χ4n) is 4.00. The van der Waals surface area contributed by atoms with Crippen molar-refractivity contribution in [3.05, 3.63) is 59.1 Å². The third-order valence-corrected chi connectivity index (χ3v) is 8.31. The number of pyridine rings is 1. The van der Waals surface area contributed by atoms with Crippen molar-refractivity contribution in [1.29, 1.82) is 0 Å². The zero-order valence-corrected chi connectivity index (χ0v) is 21.9. The van der Waals surface area contributed by atoms with E-state index < -0.39 is 0 Å². The van der Waals surface area contributed by atoms with Gasteiger partial charge in [-0.2, -0.15) is 0 Å². The van der Waals surface area contributed by atoms with E-state index in [0.717, 1.165) is 59.2 Å². The van der Waals surface area contributed by atoms with Crippen LogP contribution in [0, 0.1) is 12.8 Å². The lowest BCUT2D eigenvalue weighted by molar-refractivity contribution is -0.134. The molecule has 2 amide bonds. The average Bonchev–Trinajstić information content (AvgIpc) is 3.24. The molecule has 9 heteroatoms. The van der Waals surface area contributed by atoms with Crippen molar-refractivity contribution < 1.29 is 9.59 Å². The molecule has 1 saturated heterocycles. The van der Waals surface area contributed by atoms with Gasteiger partial charge in [-0.1, -0.05) is 18.2 Å². The highest BCUT2D eigenvalue weighted by Crippen LogP contribution is 2.35. The molecule has 0 spiro atoms. The lowest BCUT2D eigenvalue weighted by atomic mass is 9.96. The minimum absolute atomic E-state index is 0.120. The Balaban J connectivity index is 1.30. The minimum atomic E-state index is -0.169. The molecule has 35 heavy (non-hydrogen) atoms. The van der Waals surface area contributed by atoms with E-state index in [0.29, 0.717) is 9.88 Å². The Bertz CT molecular complexity index is 1170. The molecule has 1 aromatic carbocycles. The van der Waals surface area contributed by atoms with Crippen LogP contribution in [-0.2, 0) is 4.79 Å². The van der Waals surface area contributed by atoms with E-state index in [1.54, 1.807) is 16.7 Å². The van der Waals surface area contributed by atoms with Gasteiger partial charge in [0.25, 0.3) is 5.91 Å². The molecule has 184 valence electrons. The number of rotatable bonds is 7. The molecule has 3 N–H and O–H groups in total. The van der Waals surface area contributed by atoms with Crippen molar-refractivity contribution in [2.24, 2.45) is 5.92 Å². The van der Waals surface area contributed by atoms with Gasteiger partial charge in [-0.15, -0.1) is 23.1 Å². The number of nitrogen functional groups attached to an aromatic ring is 1. The molecule has 1 aliphatic heterocycles. The number of hydrogen-bond acceptors (Lipinski definition) is 7. The molecule has 2 aromatic heterocycles. The first-order valence-corrected chi connectivity index (χ1v) is 13.4. The van der Waals surface area contributed by atoms with Crippen LogP contribution in [0.25, 0.3) is 11.3 Å². The summed E-state index contributed by atoms with van der Waals surface area (Å²) in [5.74, 6) is 0.962. The molecule has 0 bridgehead atoms. The minimum Gasteiger partial charge on any atom is -0.390 e. The molecule has 0 atom stereocenters. The van der Waals surface area contributed by atoms with Crippen LogP contribution in [-0.4, -0.2) is 59.7 Å². The smallest absolute Gasteiger partial charge is 0.265 e. The van der Waals surface area contributed by atoms with Gasteiger partial charge in [0.2, 0.25) is 5.91 Å². The van der Waals surface area contributed by atoms with Gasteiger partial charge >= 0.3 is 0 Å². The number of amides is 2. The number of nitrogens with two attached hydrogens (primary N) is 1. The highest BCUT2D eigenvalue weighted by atomic mass is 32.2. The zero-order valence-electron chi connectivity index (χ0n) is 20.3. The number of nitrogens with one attached hydrogen (secondary N) is 1. The summed E-state index contributed by atoms with van der Waals surface area (Å²) in [5.41, 5.74) is 9.96. The monoisotopic (exact) mass is 509 g/mol. The highest BCUT2D eigenvalue weighted by Gasteiger charge is 2.26. The summed E-state index contributed by atoms with van der Waals surface area (Å²) in [6, 6.07) is 13.6. The molecule has 1 aliphatic rings. The van der Waals surface area contributed by atoms with Gasteiger partial charge in [-0.05, 0) is 62.7 Å². The van der Waals surface area contributed by atoms with Crippen molar-refractivity contribution >= 4 is 45.6 Å². The van der Waals surface area contributed by atoms with Crippen LogP contribution >= 0.6 is 23.1 Å². The van der Waals surface area contributed by atoms with Crippen LogP contribution in [0.5, 0.6) is 0 Å². The van der Waals surface area contributed by atoms with Crippen molar-refractivity contribution in [2.45, 2.75) is 24.7 Å². The number of carbonyl (C=O) groups is 2. The van der Waals surface area contributed by atoms with E-state index in [9.17, 15) is 9.59 Å². The number of benzene rings is 1. The number of aromatic nitrogens is 1. The number of thiophene rings is 1. The molecule has 3 heterocycles. The van der Waals surface area contributed by atoms with Crippen LogP contribution in [0.3, 0.4) is 0 Å². The van der Waals surface area contributed by atoms with Gasteiger partial charge < -0.3 is 16.0 Å². The van der Waals surface area contributed by atoms with E-state index in [4.69, 9.17) is 5.73 Å². The number of hydrogen-bond donors (Lipinski definition) is 2. The first kappa shape index (κ1) is 25.2. The third kappa shape index (κ3) is 6.42. The Morgan fingerprint density at radius 2 is 1.89 bits per heavy atom. The van der Waals surface area contributed by atoms with Crippen molar-refractivity contribution in [3.8, 4) is 11.3 Å². The summed E-state index contributed by atoms with van der Waals surface area (Å²) < 4.78 is 0. The van der Waals surface area contributed by atoms with Gasteiger partial charge in [0.05, 0.1) is 10.6 Å². The van der Waals surface area contributed by atoms with Crippen molar-refractivity contribution in [2.75, 3.05) is 44.1 Å². The fraction of sp³-hybridized carbons (Fsp3) is 0.346. The predicted molar refractivity (Wildman–Crippen MR) is 145 cm³/mol. The first-order valence-electron chi connectivity index (χ1n) is 11.6. The molecular formula is C26H31N5O2S2. The lowest BCUT2D eigenvalue weighted by Crippen LogP contribution is -2.39. The van der Waals surface area contributed by atoms with Gasteiger partial charge in [0.1, 0.15) is 5.00 Å². The number of likely N-dealkylation sites (tertiary alicyclic amines) is 1. The largest absolute Gasteiger partial charge is 0.390 e. The maximum Gasteiger partial charge on any atom is 0.265 e. The van der Waals surface area contributed by atoms with E-state index in [-0.39, 0.29) is 17.7 Å². The SMILES string of the molecule is Cc1ccc(-c2ccc(NC(=O)c3cc(SCN4CCC(C(=O)N(C)C)CC4)c(N)s3)cc2)nc1. The maximum atomic E-state index is 12.8. The Morgan fingerprint density at radius 1 is 1.17 bits per heavy atom. The maximum absolute atomic E-state index is 12.8. The number of piperidine rings is 1. The fourth-order valence-corrected chi connectivity index (χ4v) is 6.02. The number of thioether (sulfide) groups is 1. The second kappa shape index (κ2) is 11.2. The quantitative estimate of drug-likeness (QED) is 0.445. The Kier molecular flexibility index (Phi) is 8.10. The van der Waals surface area contributed by atoms with E-state index in [2.05, 4.69) is 15.2 Å². The topological polar surface area (TPSA) is 91.6 Å². The van der Waals surface area contributed by atoms with Crippen molar-refractivity contribution in [3.63, 3.8) is 0 Å². The van der Waals surface area contributed by atoms with Gasteiger partial charge in [0.15, 0.2) is 0 Å². The Morgan fingerprint density at radius 3 is 2.51 bits per heavy atom. The molecule has 7 nitrogen and oxygen atoms in total. The van der Waals surface area contributed by atoms with E-state index in [1.807, 2.05) is 69.7 Å². The Hall–Kier alpha value is -2.88. The number of aryl methyl sites for hydroxylation is 1. The van der Waals surface area contributed by atoms with E-state index in [1.165, 1.54) is 11.3 Å². The van der Waals surface area contributed by atoms with Crippen LogP contribution < -0.4 is 11.1 Å². The van der Waals surface area contributed by atoms with Crippen molar-refractivity contribution in [1.82, 2.24) is 14.8 Å². The number of nitrogens with zero attached hydrogens (tertiary/aromatic N) is 3. The molecule has 4 rings (SSSR count). The van der Waals surface area contributed by atoms with Crippen LogP contribution in [0.4, 0.5) is 10.7 Å². The Labute approximate surface area is 214 Å². The molecule has 0 radical (unpaired) electrons. The average molecular weight is 510 g/mol. The molecule has 1 fully saturated rings. The third-order valence-electron chi connectivity index (χ3n) is 6.08. The summed E-state index contributed by atoms with van der Waals surface area (Å²) in [7, 11) is 3.63. The normalized spacial score (nSPS) is 14.6. The van der Waals surface area contributed by atoms with Crippen LogP contribution in [0.2, 0.25) is 0 Å². The lowest BCUT2D eigenvalue weighted by Gasteiger charge is -2.32. The first-order chi connectivity index (χ1) is 16.8. The summed E-state index contributed by atoms with van der Waals surface area (Å²) in [6.07, 6.45) is 3.60. The molecule has 0 saturated carbocycles. The zero-order chi connectivity index (χ0) is 24.9. The number of carbonyl (C=O) groups excluding carboxylic acids is 2. The summed E-state index contributed by atoms with van der Waals surface area (Å²) in [5, 5.41) is 3.61. The second-order valence-electron chi connectivity index (χ2n) is 8.99. The molecule has 0 aliphatic carbocycles.